The first-order valence-corrected chi connectivity index (χ1v) is 9.61. The summed E-state index contributed by atoms with van der Waals surface area (Å²) in [6, 6.07) is 11.2. The Morgan fingerprint density at radius 3 is 2.68 bits per heavy atom. The highest BCUT2D eigenvalue weighted by molar-refractivity contribution is 7.99. The van der Waals surface area contributed by atoms with E-state index in [0.29, 0.717) is 12.4 Å². The molecule has 5 nitrogen and oxygen atoms in total. The fraction of sp³-hybridized carbons (Fsp3) is 0.421. The molecule has 0 amide bonds. The Balaban J connectivity index is 1.42. The second-order valence-corrected chi connectivity index (χ2v) is 7.18. The number of hydrogen-bond acceptors (Lipinski definition) is 6. The van der Waals surface area contributed by atoms with Crippen LogP contribution in [0.15, 0.2) is 40.8 Å². The fourth-order valence-corrected chi connectivity index (χ4v) is 3.50. The van der Waals surface area contributed by atoms with Crippen molar-refractivity contribution in [3.05, 3.63) is 53.5 Å². The van der Waals surface area contributed by atoms with Crippen LogP contribution in [0.4, 0.5) is 0 Å². The highest BCUT2D eigenvalue weighted by Crippen LogP contribution is 2.16. The number of esters is 1. The van der Waals surface area contributed by atoms with Crippen molar-refractivity contribution in [2.24, 2.45) is 0 Å². The van der Waals surface area contributed by atoms with E-state index >= 15 is 0 Å². The summed E-state index contributed by atoms with van der Waals surface area (Å²) in [5.74, 6) is 3.46. The van der Waals surface area contributed by atoms with Gasteiger partial charge in [-0.25, -0.2) is 4.79 Å². The van der Waals surface area contributed by atoms with E-state index in [0.717, 1.165) is 36.9 Å². The molecule has 1 aliphatic heterocycles. The van der Waals surface area contributed by atoms with E-state index in [1.807, 2.05) is 43.0 Å². The zero-order valence-electron chi connectivity index (χ0n) is 14.4. The van der Waals surface area contributed by atoms with E-state index in [9.17, 15) is 4.79 Å². The van der Waals surface area contributed by atoms with Gasteiger partial charge in [0.2, 0.25) is 5.76 Å². The van der Waals surface area contributed by atoms with Gasteiger partial charge in [-0.2, -0.15) is 11.8 Å². The third-order valence-corrected chi connectivity index (χ3v) is 4.95. The predicted molar refractivity (Wildman–Crippen MR) is 98.3 cm³/mol. The first-order chi connectivity index (χ1) is 12.2. The van der Waals surface area contributed by atoms with Gasteiger partial charge in [0.05, 0.1) is 0 Å². The van der Waals surface area contributed by atoms with Crippen LogP contribution in [0, 0.1) is 6.92 Å². The average Bonchev–Trinajstić information content (AvgIpc) is 3.11. The van der Waals surface area contributed by atoms with Crippen LogP contribution in [-0.2, 0) is 11.3 Å². The van der Waals surface area contributed by atoms with Crippen LogP contribution >= 0.6 is 11.8 Å². The van der Waals surface area contributed by atoms with Crippen LogP contribution in [0.5, 0.6) is 5.75 Å². The lowest BCUT2D eigenvalue weighted by atomic mass is 10.2. The smallest absolute Gasteiger partial charge is 0.374 e. The molecule has 2 heterocycles. The van der Waals surface area contributed by atoms with Gasteiger partial charge in [0.1, 0.15) is 24.7 Å². The van der Waals surface area contributed by atoms with E-state index in [2.05, 4.69) is 4.90 Å². The molecule has 0 N–H and O–H groups in total. The summed E-state index contributed by atoms with van der Waals surface area (Å²) in [4.78, 5) is 14.3. The van der Waals surface area contributed by atoms with Gasteiger partial charge >= 0.3 is 5.97 Å². The molecule has 1 aromatic heterocycles. The minimum Gasteiger partial charge on any atom is -0.486 e. The van der Waals surface area contributed by atoms with Gasteiger partial charge in [0.15, 0.2) is 0 Å². The van der Waals surface area contributed by atoms with Crippen molar-refractivity contribution in [1.82, 2.24) is 4.90 Å². The molecule has 0 radical (unpaired) electrons. The highest BCUT2D eigenvalue weighted by Gasteiger charge is 2.15. The van der Waals surface area contributed by atoms with Gasteiger partial charge in [-0.1, -0.05) is 17.7 Å². The Hall–Kier alpha value is -1.92. The molecule has 1 fully saturated rings. The zero-order valence-corrected chi connectivity index (χ0v) is 15.2. The molecular weight excluding hydrogens is 338 g/mol. The molecule has 0 bridgehead atoms. The first kappa shape index (κ1) is 17.9. The molecule has 0 spiro atoms. The summed E-state index contributed by atoms with van der Waals surface area (Å²) >= 11 is 1.97. The van der Waals surface area contributed by atoms with Crippen LogP contribution in [0.1, 0.15) is 21.9 Å². The maximum atomic E-state index is 12.0. The van der Waals surface area contributed by atoms with Gasteiger partial charge in [-0.05, 0) is 31.2 Å². The van der Waals surface area contributed by atoms with E-state index < -0.39 is 5.97 Å². The van der Waals surface area contributed by atoms with E-state index in [1.54, 1.807) is 12.1 Å². The molecule has 2 aromatic rings. The summed E-state index contributed by atoms with van der Waals surface area (Å²) in [7, 11) is 0. The molecule has 1 aromatic carbocycles. The first-order valence-electron chi connectivity index (χ1n) is 8.46. The van der Waals surface area contributed by atoms with Gasteiger partial charge in [0.25, 0.3) is 0 Å². The van der Waals surface area contributed by atoms with E-state index in [1.165, 1.54) is 5.56 Å². The van der Waals surface area contributed by atoms with Crippen LogP contribution in [-0.4, -0.2) is 48.6 Å². The molecule has 0 atom stereocenters. The third-order valence-electron chi connectivity index (χ3n) is 4.01. The fourth-order valence-electron chi connectivity index (χ4n) is 2.52. The molecule has 6 heteroatoms. The molecule has 0 unspecified atom stereocenters. The van der Waals surface area contributed by atoms with Crippen molar-refractivity contribution >= 4 is 17.7 Å². The number of carbonyl (C=O) groups is 1. The quantitative estimate of drug-likeness (QED) is 0.705. The Morgan fingerprint density at radius 1 is 1.16 bits per heavy atom. The topological polar surface area (TPSA) is 51.9 Å². The number of aryl methyl sites for hydroxylation is 1. The molecular formula is C19H23NO4S. The number of ether oxygens (including phenoxy) is 2. The lowest BCUT2D eigenvalue weighted by Crippen LogP contribution is -2.35. The lowest BCUT2D eigenvalue weighted by Gasteiger charge is -2.25. The van der Waals surface area contributed by atoms with E-state index in [4.69, 9.17) is 13.9 Å². The van der Waals surface area contributed by atoms with Gasteiger partial charge in [-0.15, -0.1) is 0 Å². The van der Waals surface area contributed by atoms with Crippen LogP contribution in [0.3, 0.4) is 0 Å². The normalized spacial score (nSPS) is 15.1. The molecule has 3 rings (SSSR count). The Bertz CT molecular complexity index is 677. The number of benzene rings is 1. The highest BCUT2D eigenvalue weighted by atomic mass is 32.2. The molecule has 134 valence electrons. The molecule has 0 saturated carbocycles. The predicted octanol–water partition coefficient (Wildman–Crippen LogP) is 3.37. The maximum Gasteiger partial charge on any atom is 0.374 e. The summed E-state index contributed by atoms with van der Waals surface area (Å²) in [6.45, 7) is 5.59. The Morgan fingerprint density at radius 2 is 1.92 bits per heavy atom. The van der Waals surface area contributed by atoms with Crippen molar-refractivity contribution in [3.8, 4) is 5.75 Å². The number of furan rings is 1. The van der Waals surface area contributed by atoms with Crippen molar-refractivity contribution in [1.29, 1.82) is 0 Å². The van der Waals surface area contributed by atoms with Crippen molar-refractivity contribution in [2.75, 3.05) is 37.7 Å². The largest absolute Gasteiger partial charge is 0.486 e. The van der Waals surface area contributed by atoms with E-state index in [-0.39, 0.29) is 12.4 Å². The van der Waals surface area contributed by atoms with Crippen LogP contribution in [0.2, 0.25) is 0 Å². The minimum absolute atomic E-state index is 0.219. The monoisotopic (exact) mass is 361 g/mol. The van der Waals surface area contributed by atoms with Crippen molar-refractivity contribution < 1.29 is 18.7 Å². The summed E-state index contributed by atoms with van der Waals surface area (Å²) in [5.41, 5.74) is 1.18. The number of carbonyl (C=O) groups excluding carboxylic acids is 1. The van der Waals surface area contributed by atoms with Gasteiger partial charge in [0, 0.05) is 31.1 Å². The lowest BCUT2D eigenvalue weighted by molar-refractivity contribution is 0.0427. The molecule has 1 aliphatic rings. The number of thioether (sulfide) groups is 1. The summed E-state index contributed by atoms with van der Waals surface area (Å²) in [5, 5.41) is 0. The standard InChI is InChI=1S/C19H23NO4S/c1-15-2-4-16(5-3-15)23-14-17-6-7-18(24-17)19(21)22-11-8-20-9-12-25-13-10-20/h2-7H,8-14H2,1H3. The Labute approximate surface area is 152 Å². The number of nitrogens with zero attached hydrogens (tertiary/aromatic N) is 1. The number of hydrogen-bond donors (Lipinski definition) is 0. The molecule has 1 saturated heterocycles. The molecule has 0 aliphatic carbocycles. The Kier molecular flexibility index (Phi) is 6.42. The van der Waals surface area contributed by atoms with Gasteiger partial charge < -0.3 is 13.9 Å². The second kappa shape index (κ2) is 8.97. The van der Waals surface area contributed by atoms with Gasteiger partial charge in [-0.3, -0.25) is 4.90 Å². The summed E-state index contributed by atoms with van der Waals surface area (Å²) < 4.78 is 16.5. The second-order valence-electron chi connectivity index (χ2n) is 5.96. The third kappa shape index (κ3) is 5.54. The number of rotatable bonds is 7. The average molecular weight is 361 g/mol. The van der Waals surface area contributed by atoms with Crippen molar-refractivity contribution in [3.63, 3.8) is 0 Å². The maximum absolute atomic E-state index is 12.0. The minimum atomic E-state index is -0.423. The zero-order chi connectivity index (χ0) is 17.5. The van der Waals surface area contributed by atoms with Crippen LogP contribution < -0.4 is 4.74 Å². The molecule has 25 heavy (non-hydrogen) atoms. The SMILES string of the molecule is Cc1ccc(OCc2ccc(C(=O)OCCN3CCSCC3)o2)cc1. The summed E-state index contributed by atoms with van der Waals surface area (Å²) in [6.07, 6.45) is 0. The van der Waals surface area contributed by atoms with Crippen LogP contribution in [0.25, 0.3) is 0 Å². The van der Waals surface area contributed by atoms with Crippen molar-refractivity contribution in [2.45, 2.75) is 13.5 Å².